The molecule has 0 unspecified atom stereocenters. The number of nitrogens with zero attached hydrogens (tertiary/aromatic N) is 1. The average Bonchev–Trinajstić information content (AvgIpc) is 3.10. The minimum Gasteiger partial charge on any atom is -0.474 e. The molecule has 0 aliphatic heterocycles. The highest BCUT2D eigenvalue weighted by Crippen LogP contribution is 2.24. The van der Waals surface area contributed by atoms with Gasteiger partial charge in [0.25, 0.3) is 0 Å². The van der Waals surface area contributed by atoms with Crippen LogP contribution < -0.4 is 20.7 Å². The maximum Gasteiger partial charge on any atom is 0.315 e. The van der Waals surface area contributed by atoms with E-state index in [4.69, 9.17) is 4.74 Å². The summed E-state index contributed by atoms with van der Waals surface area (Å²) in [7, 11) is 0. The maximum atomic E-state index is 11.9. The first-order valence-electron chi connectivity index (χ1n) is 8.96. The first kappa shape index (κ1) is 19.0. The molecule has 0 saturated heterocycles. The van der Waals surface area contributed by atoms with Crippen LogP contribution in [0.25, 0.3) is 0 Å². The number of hydrogen-bond acceptors (Lipinski definition) is 4. The summed E-state index contributed by atoms with van der Waals surface area (Å²) in [5.74, 6) is 0.517. The molecule has 0 aromatic carbocycles. The third-order valence-corrected chi connectivity index (χ3v) is 4.10. The van der Waals surface area contributed by atoms with Crippen LogP contribution in [0.15, 0.2) is 18.3 Å². The number of carbonyl (C=O) groups excluding carboxylic acids is 2. The van der Waals surface area contributed by atoms with E-state index in [-0.39, 0.29) is 24.0 Å². The molecule has 0 spiro atoms. The first-order chi connectivity index (χ1) is 12.1. The molecule has 0 atom stereocenters. The fourth-order valence-corrected chi connectivity index (χ4v) is 2.63. The van der Waals surface area contributed by atoms with Gasteiger partial charge < -0.3 is 20.7 Å². The monoisotopic (exact) mass is 348 g/mol. The second kappa shape index (κ2) is 9.86. The third kappa shape index (κ3) is 6.60. The van der Waals surface area contributed by atoms with Crippen LogP contribution in [0.3, 0.4) is 0 Å². The summed E-state index contributed by atoms with van der Waals surface area (Å²) >= 11 is 0. The van der Waals surface area contributed by atoms with Gasteiger partial charge in [0.1, 0.15) is 6.10 Å². The summed E-state index contributed by atoms with van der Waals surface area (Å²) in [6.45, 7) is 4.79. The highest BCUT2D eigenvalue weighted by molar-refractivity contribution is 5.78. The van der Waals surface area contributed by atoms with Crippen molar-refractivity contribution in [1.82, 2.24) is 20.9 Å². The Labute approximate surface area is 148 Å². The van der Waals surface area contributed by atoms with Gasteiger partial charge >= 0.3 is 6.03 Å². The standard InChI is InChI=1S/C18H28N4O3/c1-13(2)16(23)19-10-11-21-18(24)22-12-14-6-5-9-20-17(14)25-15-7-3-4-8-15/h5-6,9,13,15H,3-4,7-8,10-12H2,1-2H3,(H,19,23)(H2,21,22,24). The highest BCUT2D eigenvalue weighted by Gasteiger charge is 2.18. The molecule has 1 heterocycles. The summed E-state index contributed by atoms with van der Waals surface area (Å²) in [6, 6.07) is 3.45. The van der Waals surface area contributed by atoms with Crippen molar-refractivity contribution in [3.63, 3.8) is 0 Å². The highest BCUT2D eigenvalue weighted by atomic mass is 16.5. The van der Waals surface area contributed by atoms with Crippen molar-refractivity contribution in [3.8, 4) is 5.88 Å². The molecular formula is C18H28N4O3. The number of carbonyl (C=O) groups is 2. The summed E-state index contributed by atoms with van der Waals surface area (Å²) in [6.07, 6.45) is 6.44. The Kier molecular flexibility index (Phi) is 7.50. The Morgan fingerprint density at radius 3 is 2.64 bits per heavy atom. The molecule has 1 aliphatic carbocycles. The Morgan fingerprint density at radius 2 is 1.92 bits per heavy atom. The molecule has 1 aromatic heterocycles. The quantitative estimate of drug-likeness (QED) is 0.626. The molecule has 25 heavy (non-hydrogen) atoms. The topological polar surface area (TPSA) is 92.4 Å². The van der Waals surface area contributed by atoms with Crippen LogP contribution in [-0.4, -0.2) is 36.1 Å². The predicted molar refractivity (Wildman–Crippen MR) is 95.2 cm³/mol. The lowest BCUT2D eigenvalue weighted by atomic mass is 10.2. The van der Waals surface area contributed by atoms with Crippen molar-refractivity contribution in [2.24, 2.45) is 5.92 Å². The number of nitrogens with one attached hydrogen (secondary N) is 3. The second-order valence-corrected chi connectivity index (χ2v) is 6.55. The van der Waals surface area contributed by atoms with E-state index in [1.165, 1.54) is 12.8 Å². The fourth-order valence-electron chi connectivity index (χ4n) is 2.63. The Hall–Kier alpha value is -2.31. The number of urea groups is 1. The molecular weight excluding hydrogens is 320 g/mol. The van der Waals surface area contributed by atoms with Crippen LogP contribution in [0.4, 0.5) is 4.79 Å². The number of rotatable bonds is 8. The number of hydrogen-bond donors (Lipinski definition) is 3. The van der Waals surface area contributed by atoms with E-state index >= 15 is 0 Å². The van der Waals surface area contributed by atoms with Gasteiger partial charge in [0.2, 0.25) is 11.8 Å². The second-order valence-electron chi connectivity index (χ2n) is 6.55. The Morgan fingerprint density at radius 1 is 1.20 bits per heavy atom. The summed E-state index contributed by atoms with van der Waals surface area (Å²) in [4.78, 5) is 27.6. The molecule has 138 valence electrons. The Balaban J connectivity index is 1.71. The summed E-state index contributed by atoms with van der Waals surface area (Å²) in [5.41, 5.74) is 0.859. The molecule has 3 amide bonds. The van der Waals surface area contributed by atoms with E-state index in [9.17, 15) is 9.59 Å². The molecule has 2 rings (SSSR count). The van der Waals surface area contributed by atoms with Crippen LogP contribution in [0.1, 0.15) is 45.1 Å². The molecule has 0 bridgehead atoms. The lowest BCUT2D eigenvalue weighted by Gasteiger charge is -2.15. The van der Waals surface area contributed by atoms with Crippen molar-refractivity contribution < 1.29 is 14.3 Å². The first-order valence-corrected chi connectivity index (χ1v) is 8.96. The van der Waals surface area contributed by atoms with Gasteiger partial charge in [-0.15, -0.1) is 0 Å². The minimum atomic E-state index is -0.283. The SMILES string of the molecule is CC(C)C(=O)NCCNC(=O)NCc1cccnc1OC1CCCC1. The largest absolute Gasteiger partial charge is 0.474 e. The zero-order chi connectivity index (χ0) is 18.1. The van der Waals surface area contributed by atoms with Gasteiger partial charge in [0, 0.05) is 37.3 Å². The molecule has 3 N–H and O–H groups in total. The zero-order valence-corrected chi connectivity index (χ0v) is 15.0. The lowest BCUT2D eigenvalue weighted by molar-refractivity contribution is -0.123. The van der Waals surface area contributed by atoms with Gasteiger partial charge in [-0.1, -0.05) is 19.9 Å². The van der Waals surface area contributed by atoms with E-state index < -0.39 is 0 Å². The van der Waals surface area contributed by atoms with E-state index in [1.54, 1.807) is 6.20 Å². The van der Waals surface area contributed by atoms with Crippen molar-refractivity contribution in [2.45, 2.75) is 52.2 Å². The molecule has 1 saturated carbocycles. The van der Waals surface area contributed by atoms with Crippen molar-refractivity contribution in [2.75, 3.05) is 13.1 Å². The molecule has 0 radical (unpaired) electrons. The van der Waals surface area contributed by atoms with Gasteiger partial charge in [0.05, 0.1) is 0 Å². The van der Waals surface area contributed by atoms with Crippen molar-refractivity contribution >= 4 is 11.9 Å². The van der Waals surface area contributed by atoms with Crippen molar-refractivity contribution in [1.29, 1.82) is 0 Å². The van der Waals surface area contributed by atoms with E-state index in [0.717, 1.165) is 18.4 Å². The van der Waals surface area contributed by atoms with Gasteiger partial charge in [-0.2, -0.15) is 0 Å². The van der Waals surface area contributed by atoms with Gasteiger partial charge in [-0.3, -0.25) is 4.79 Å². The number of aromatic nitrogens is 1. The molecule has 1 fully saturated rings. The summed E-state index contributed by atoms with van der Waals surface area (Å²) < 4.78 is 5.96. The van der Waals surface area contributed by atoms with E-state index in [2.05, 4.69) is 20.9 Å². The molecule has 1 aromatic rings. The lowest BCUT2D eigenvalue weighted by Crippen LogP contribution is -2.40. The number of ether oxygens (including phenoxy) is 1. The van der Waals surface area contributed by atoms with Crippen LogP contribution in [0.5, 0.6) is 5.88 Å². The maximum absolute atomic E-state index is 11.9. The molecule has 7 heteroatoms. The predicted octanol–water partition coefficient (Wildman–Crippen LogP) is 1.97. The average molecular weight is 348 g/mol. The zero-order valence-electron chi connectivity index (χ0n) is 15.0. The third-order valence-electron chi connectivity index (χ3n) is 4.10. The van der Waals surface area contributed by atoms with Crippen LogP contribution in [-0.2, 0) is 11.3 Å². The van der Waals surface area contributed by atoms with Crippen LogP contribution in [0, 0.1) is 5.92 Å². The van der Waals surface area contributed by atoms with Gasteiger partial charge in [-0.05, 0) is 31.7 Å². The summed E-state index contributed by atoms with van der Waals surface area (Å²) in [5, 5.41) is 8.26. The van der Waals surface area contributed by atoms with E-state index in [1.807, 2.05) is 26.0 Å². The Bertz CT molecular complexity index is 571. The smallest absolute Gasteiger partial charge is 0.315 e. The fraction of sp³-hybridized carbons (Fsp3) is 0.611. The van der Waals surface area contributed by atoms with Crippen LogP contribution in [0.2, 0.25) is 0 Å². The normalized spacial score (nSPS) is 14.4. The molecule has 1 aliphatic rings. The van der Waals surface area contributed by atoms with Crippen molar-refractivity contribution in [3.05, 3.63) is 23.9 Å². The van der Waals surface area contributed by atoms with Crippen LogP contribution >= 0.6 is 0 Å². The molecule has 7 nitrogen and oxygen atoms in total. The van der Waals surface area contributed by atoms with E-state index in [0.29, 0.717) is 25.5 Å². The van der Waals surface area contributed by atoms with Gasteiger partial charge in [0.15, 0.2) is 0 Å². The van der Waals surface area contributed by atoms with Gasteiger partial charge in [-0.25, -0.2) is 9.78 Å². The number of pyridine rings is 1. The number of amides is 3. The minimum absolute atomic E-state index is 0.0220.